The molecule has 1 aliphatic heterocycles. The van der Waals surface area contributed by atoms with Crippen LogP contribution in [0.15, 0.2) is 24.3 Å². The van der Waals surface area contributed by atoms with Crippen LogP contribution in [-0.2, 0) is 4.74 Å². The highest BCUT2D eigenvalue weighted by Crippen LogP contribution is 2.24. The van der Waals surface area contributed by atoms with E-state index in [0.29, 0.717) is 18.2 Å². The Kier molecular flexibility index (Phi) is 4.48. The monoisotopic (exact) mass is 300 g/mol. The van der Waals surface area contributed by atoms with Gasteiger partial charge in [-0.15, -0.1) is 0 Å². The molecule has 1 aromatic heterocycles. The minimum absolute atomic E-state index is 0.287. The number of aromatic nitrogens is 1. The molecule has 3 rings (SSSR count). The minimum Gasteiger partial charge on any atom is -0.461 e. The maximum absolute atomic E-state index is 11.8. The molecule has 1 fully saturated rings. The standard InChI is InChI=1S/C18H24N2O2/c1-3-22-18(21)17-11-15-10-14(6-7-16(15)19-17)13(2)12-20-8-4-5-9-20/h6-7,10-11,13,19H,3-5,8-9,12H2,1-2H3. The van der Waals surface area contributed by atoms with Crippen molar-refractivity contribution in [3.05, 3.63) is 35.5 Å². The fourth-order valence-corrected chi connectivity index (χ4v) is 3.23. The number of nitrogens with one attached hydrogen (secondary N) is 1. The van der Waals surface area contributed by atoms with Crippen molar-refractivity contribution < 1.29 is 9.53 Å². The molecule has 1 aliphatic rings. The number of nitrogens with zero attached hydrogens (tertiary/aromatic N) is 1. The molecule has 0 spiro atoms. The lowest BCUT2D eigenvalue weighted by atomic mass is 9.99. The van der Waals surface area contributed by atoms with Gasteiger partial charge >= 0.3 is 5.97 Å². The number of esters is 1. The van der Waals surface area contributed by atoms with Crippen LogP contribution in [0.5, 0.6) is 0 Å². The molecule has 0 aliphatic carbocycles. The summed E-state index contributed by atoms with van der Waals surface area (Å²) in [6.07, 6.45) is 2.65. The highest BCUT2D eigenvalue weighted by atomic mass is 16.5. The summed E-state index contributed by atoms with van der Waals surface area (Å²) in [6.45, 7) is 8.05. The Morgan fingerprint density at radius 1 is 1.32 bits per heavy atom. The van der Waals surface area contributed by atoms with E-state index in [9.17, 15) is 4.79 Å². The van der Waals surface area contributed by atoms with Crippen LogP contribution in [0.4, 0.5) is 0 Å². The molecule has 0 saturated carbocycles. The zero-order valence-electron chi connectivity index (χ0n) is 13.4. The first-order valence-corrected chi connectivity index (χ1v) is 8.19. The number of aromatic amines is 1. The third-order valence-corrected chi connectivity index (χ3v) is 4.44. The van der Waals surface area contributed by atoms with Gasteiger partial charge < -0.3 is 14.6 Å². The first-order valence-electron chi connectivity index (χ1n) is 8.19. The first kappa shape index (κ1) is 15.1. The molecule has 1 unspecified atom stereocenters. The summed E-state index contributed by atoms with van der Waals surface area (Å²) in [4.78, 5) is 17.5. The largest absolute Gasteiger partial charge is 0.461 e. The number of likely N-dealkylation sites (tertiary alicyclic amines) is 1. The molecule has 4 nitrogen and oxygen atoms in total. The van der Waals surface area contributed by atoms with Gasteiger partial charge in [-0.2, -0.15) is 0 Å². The average molecular weight is 300 g/mol. The number of hydrogen-bond donors (Lipinski definition) is 1. The van der Waals surface area contributed by atoms with E-state index < -0.39 is 0 Å². The van der Waals surface area contributed by atoms with Crippen molar-refractivity contribution in [2.45, 2.75) is 32.6 Å². The average Bonchev–Trinajstić information content (AvgIpc) is 3.15. The Labute approximate surface area is 131 Å². The van der Waals surface area contributed by atoms with E-state index in [-0.39, 0.29) is 5.97 Å². The Morgan fingerprint density at radius 2 is 2.09 bits per heavy atom. The zero-order chi connectivity index (χ0) is 15.5. The van der Waals surface area contributed by atoms with Crippen molar-refractivity contribution in [3.63, 3.8) is 0 Å². The van der Waals surface area contributed by atoms with E-state index in [2.05, 4.69) is 35.0 Å². The van der Waals surface area contributed by atoms with Crippen LogP contribution in [-0.4, -0.2) is 42.1 Å². The molecule has 22 heavy (non-hydrogen) atoms. The maximum atomic E-state index is 11.8. The molecule has 2 aromatic rings. The molecular weight excluding hydrogens is 276 g/mol. The summed E-state index contributed by atoms with van der Waals surface area (Å²) in [7, 11) is 0. The van der Waals surface area contributed by atoms with Gasteiger partial charge in [-0.1, -0.05) is 13.0 Å². The molecular formula is C18H24N2O2. The lowest BCUT2D eigenvalue weighted by molar-refractivity contribution is 0.0520. The normalized spacial score (nSPS) is 17.0. The van der Waals surface area contributed by atoms with Crippen molar-refractivity contribution >= 4 is 16.9 Å². The molecule has 1 saturated heterocycles. The van der Waals surface area contributed by atoms with E-state index in [4.69, 9.17) is 4.74 Å². The summed E-state index contributed by atoms with van der Waals surface area (Å²) in [6, 6.07) is 8.30. The number of rotatable bonds is 5. The highest BCUT2D eigenvalue weighted by molar-refractivity contribution is 5.95. The van der Waals surface area contributed by atoms with E-state index >= 15 is 0 Å². The topological polar surface area (TPSA) is 45.3 Å². The molecule has 1 atom stereocenters. The second-order valence-corrected chi connectivity index (χ2v) is 6.16. The lowest BCUT2D eigenvalue weighted by Crippen LogP contribution is -2.24. The van der Waals surface area contributed by atoms with Gasteiger partial charge in [0.05, 0.1) is 6.61 Å². The van der Waals surface area contributed by atoms with Gasteiger partial charge in [0.2, 0.25) is 0 Å². The summed E-state index contributed by atoms with van der Waals surface area (Å²) < 4.78 is 5.05. The van der Waals surface area contributed by atoms with E-state index in [1.54, 1.807) is 0 Å². The number of H-pyrrole nitrogens is 1. The second kappa shape index (κ2) is 6.53. The maximum Gasteiger partial charge on any atom is 0.354 e. The second-order valence-electron chi connectivity index (χ2n) is 6.16. The summed E-state index contributed by atoms with van der Waals surface area (Å²) >= 11 is 0. The van der Waals surface area contributed by atoms with Gasteiger partial charge in [-0.05, 0) is 62.5 Å². The highest BCUT2D eigenvalue weighted by Gasteiger charge is 2.17. The number of benzene rings is 1. The lowest BCUT2D eigenvalue weighted by Gasteiger charge is -2.20. The van der Waals surface area contributed by atoms with Crippen LogP contribution in [0.2, 0.25) is 0 Å². The Bertz CT molecular complexity index is 656. The third-order valence-electron chi connectivity index (χ3n) is 4.44. The number of ether oxygens (including phenoxy) is 1. The van der Waals surface area contributed by atoms with Gasteiger partial charge in [0, 0.05) is 17.4 Å². The van der Waals surface area contributed by atoms with E-state index in [0.717, 1.165) is 17.4 Å². The Morgan fingerprint density at radius 3 is 2.82 bits per heavy atom. The molecule has 0 bridgehead atoms. The molecule has 4 heteroatoms. The third kappa shape index (κ3) is 3.17. The number of hydrogen-bond acceptors (Lipinski definition) is 3. The number of fused-ring (bicyclic) bond motifs is 1. The molecule has 118 valence electrons. The zero-order valence-corrected chi connectivity index (χ0v) is 13.4. The molecule has 1 aromatic carbocycles. The number of carbonyl (C=O) groups excluding carboxylic acids is 1. The van der Waals surface area contributed by atoms with Crippen LogP contribution in [0.3, 0.4) is 0 Å². The minimum atomic E-state index is -0.287. The SMILES string of the molecule is CCOC(=O)c1cc2cc(C(C)CN3CCCC3)ccc2[nH]1. The quantitative estimate of drug-likeness (QED) is 0.859. The van der Waals surface area contributed by atoms with Crippen LogP contribution in [0.1, 0.15) is 48.7 Å². The predicted molar refractivity (Wildman–Crippen MR) is 88.3 cm³/mol. The van der Waals surface area contributed by atoms with Crippen molar-refractivity contribution in [1.82, 2.24) is 9.88 Å². The Balaban J connectivity index is 1.78. The van der Waals surface area contributed by atoms with Gasteiger partial charge in [0.25, 0.3) is 0 Å². The van der Waals surface area contributed by atoms with Gasteiger partial charge in [-0.25, -0.2) is 4.79 Å². The van der Waals surface area contributed by atoms with Gasteiger partial charge in [-0.3, -0.25) is 0 Å². The summed E-state index contributed by atoms with van der Waals surface area (Å²) in [5.74, 6) is 0.216. The van der Waals surface area contributed by atoms with Crippen LogP contribution in [0, 0.1) is 0 Å². The molecule has 0 amide bonds. The van der Waals surface area contributed by atoms with Crippen LogP contribution >= 0.6 is 0 Å². The van der Waals surface area contributed by atoms with Crippen molar-refractivity contribution in [1.29, 1.82) is 0 Å². The fourth-order valence-electron chi connectivity index (χ4n) is 3.23. The fraction of sp³-hybridized carbons (Fsp3) is 0.500. The molecule has 2 heterocycles. The summed E-state index contributed by atoms with van der Waals surface area (Å²) in [5, 5.41) is 1.08. The van der Waals surface area contributed by atoms with E-state index in [1.807, 2.05) is 13.0 Å². The van der Waals surface area contributed by atoms with Crippen molar-refractivity contribution in [2.75, 3.05) is 26.2 Å². The first-order chi connectivity index (χ1) is 10.7. The van der Waals surface area contributed by atoms with Crippen LogP contribution in [0.25, 0.3) is 10.9 Å². The molecule has 1 N–H and O–H groups in total. The predicted octanol–water partition coefficient (Wildman–Crippen LogP) is 3.54. The summed E-state index contributed by atoms with van der Waals surface area (Å²) in [5.41, 5.74) is 2.84. The van der Waals surface area contributed by atoms with E-state index in [1.165, 1.54) is 31.5 Å². The number of carbonyl (C=O) groups is 1. The van der Waals surface area contributed by atoms with Gasteiger partial charge in [0.1, 0.15) is 5.69 Å². The van der Waals surface area contributed by atoms with Crippen molar-refractivity contribution in [3.8, 4) is 0 Å². The smallest absolute Gasteiger partial charge is 0.354 e. The Hall–Kier alpha value is -1.81. The molecule has 0 radical (unpaired) electrons. The van der Waals surface area contributed by atoms with Gasteiger partial charge in [0.15, 0.2) is 0 Å². The van der Waals surface area contributed by atoms with Crippen molar-refractivity contribution in [2.24, 2.45) is 0 Å². The van der Waals surface area contributed by atoms with Crippen LogP contribution < -0.4 is 0 Å².